The Morgan fingerprint density at radius 3 is 1.73 bits per heavy atom. The quantitative estimate of drug-likeness (QED) is 0.593. The lowest BCUT2D eigenvalue weighted by Crippen LogP contribution is -2.46. The van der Waals surface area contributed by atoms with Gasteiger partial charge in [-0.2, -0.15) is 0 Å². The van der Waals surface area contributed by atoms with Crippen LogP contribution < -0.4 is 0 Å². The summed E-state index contributed by atoms with van der Waals surface area (Å²) in [6.45, 7) is 7.05. The van der Waals surface area contributed by atoms with Gasteiger partial charge in [0.2, 0.25) is 0 Å². The first kappa shape index (κ1) is 14.8. The van der Waals surface area contributed by atoms with E-state index in [9.17, 15) is 0 Å². The smallest absolute Gasteiger partial charge is 0.0185 e. The third-order valence-corrected chi connectivity index (χ3v) is 7.08. The average molecular weight is 296 g/mol. The zero-order valence-corrected chi connectivity index (χ0v) is 14.6. The molecular weight excluding hydrogens is 264 g/mol. The summed E-state index contributed by atoms with van der Waals surface area (Å²) in [6.07, 6.45) is 10.8. The van der Waals surface area contributed by atoms with Crippen LogP contribution in [-0.4, -0.2) is 0 Å². The second-order valence-electron chi connectivity index (χ2n) is 9.34. The average Bonchev–Trinajstić information content (AvgIpc) is 2.45. The molecular formula is C22H32. The second-order valence-corrected chi connectivity index (χ2v) is 9.34. The molecule has 1 aromatic rings. The molecule has 0 aliphatic heterocycles. The maximum absolute atomic E-state index is 2.48. The lowest BCUT2D eigenvalue weighted by atomic mass is 9.48. The van der Waals surface area contributed by atoms with E-state index in [2.05, 4.69) is 45.0 Å². The van der Waals surface area contributed by atoms with Gasteiger partial charge in [0.05, 0.1) is 0 Å². The van der Waals surface area contributed by atoms with Gasteiger partial charge in [-0.1, -0.05) is 45.0 Å². The highest BCUT2D eigenvalue weighted by Gasteiger charge is 2.50. The monoisotopic (exact) mass is 296 g/mol. The second kappa shape index (κ2) is 5.39. The Morgan fingerprint density at radius 1 is 0.818 bits per heavy atom. The lowest BCUT2D eigenvalue weighted by Gasteiger charge is -2.57. The predicted octanol–water partition coefficient (Wildman–Crippen LogP) is 6.52. The van der Waals surface area contributed by atoms with E-state index in [0.29, 0.717) is 11.3 Å². The molecule has 4 aliphatic carbocycles. The molecule has 1 unspecified atom stereocenters. The van der Waals surface area contributed by atoms with Crippen molar-refractivity contribution in [1.29, 1.82) is 0 Å². The Hall–Kier alpha value is -0.780. The van der Waals surface area contributed by atoms with E-state index in [1.807, 2.05) is 0 Å². The minimum absolute atomic E-state index is 0.646. The molecule has 1 aromatic carbocycles. The SMILES string of the molecule is CC(C)c1ccc(C(C)CC23CC4CC(CC(C4)C2)C3)cc1. The van der Waals surface area contributed by atoms with Gasteiger partial charge < -0.3 is 0 Å². The number of hydrogen-bond donors (Lipinski definition) is 0. The van der Waals surface area contributed by atoms with E-state index in [4.69, 9.17) is 0 Å². The molecule has 0 heterocycles. The molecule has 4 bridgehead atoms. The van der Waals surface area contributed by atoms with Crippen molar-refractivity contribution in [3.8, 4) is 0 Å². The summed E-state index contributed by atoms with van der Waals surface area (Å²) in [4.78, 5) is 0. The Bertz CT molecular complexity index is 486. The van der Waals surface area contributed by atoms with Crippen molar-refractivity contribution in [2.24, 2.45) is 23.2 Å². The van der Waals surface area contributed by atoms with Crippen molar-refractivity contribution >= 4 is 0 Å². The molecule has 0 saturated heterocycles. The maximum atomic E-state index is 2.48. The maximum Gasteiger partial charge on any atom is -0.0185 e. The molecule has 0 radical (unpaired) electrons. The molecule has 0 nitrogen and oxygen atoms in total. The van der Waals surface area contributed by atoms with Gasteiger partial charge in [0, 0.05) is 0 Å². The van der Waals surface area contributed by atoms with Crippen LogP contribution in [0.4, 0.5) is 0 Å². The third kappa shape index (κ3) is 2.63. The Morgan fingerprint density at radius 2 is 1.27 bits per heavy atom. The Kier molecular flexibility index (Phi) is 3.62. The van der Waals surface area contributed by atoms with Crippen LogP contribution in [0, 0.1) is 23.2 Å². The number of benzene rings is 1. The van der Waals surface area contributed by atoms with E-state index in [1.165, 1.54) is 12.0 Å². The van der Waals surface area contributed by atoms with Crippen LogP contribution in [0.2, 0.25) is 0 Å². The van der Waals surface area contributed by atoms with Crippen LogP contribution in [0.1, 0.15) is 88.7 Å². The zero-order chi connectivity index (χ0) is 15.3. The highest BCUT2D eigenvalue weighted by Crippen LogP contribution is 2.62. The van der Waals surface area contributed by atoms with Gasteiger partial charge in [0.25, 0.3) is 0 Å². The Labute approximate surface area is 136 Å². The molecule has 0 N–H and O–H groups in total. The first-order chi connectivity index (χ1) is 10.5. The van der Waals surface area contributed by atoms with E-state index < -0.39 is 0 Å². The van der Waals surface area contributed by atoms with Crippen molar-refractivity contribution in [3.05, 3.63) is 35.4 Å². The van der Waals surface area contributed by atoms with Crippen molar-refractivity contribution in [2.75, 3.05) is 0 Å². The van der Waals surface area contributed by atoms with E-state index >= 15 is 0 Å². The predicted molar refractivity (Wildman–Crippen MR) is 94.2 cm³/mol. The van der Waals surface area contributed by atoms with Gasteiger partial charge in [-0.25, -0.2) is 0 Å². The summed E-state index contributed by atoms with van der Waals surface area (Å²) < 4.78 is 0. The van der Waals surface area contributed by atoms with Crippen LogP contribution in [0.15, 0.2) is 24.3 Å². The topological polar surface area (TPSA) is 0 Å². The van der Waals surface area contributed by atoms with Crippen LogP contribution in [0.3, 0.4) is 0 Å². The molecule has 120 valence electrons. The molecule has 4 fully saturated rings. The summed E-state index contributed by atoms with van der Waals surface area (Å²) in [5, 5.41) is 0. The molecule has 4 saturated carbocycles. The molecule has 0 spiro atoms. The number of hydrogen-bond acceptors (Lipinski definition) is 0. The Balaban J connectivity index is 1.48. The summed E-state index contributed by atoms with van der Waals surface area (Å²) >= 11 is 0. The molecule has 0 aromatic heterocycles. The molecule has 5 rings (SSSR count). The molecule has 22 heavy (non-hydrogen) atoms. The summed E-state index contributed by atoms with van der Waals surface area (Å²) in [5.74, 6) is 4.63. The first-order valence-corrected chi connectivity index (χ1v) is 9.63. The van der Waals surface area contributed by atoms with Crippen molar-refractivity contribution < 1.29 is 0 Å². The fourth-order valence-electron chi connectivity index (χ4n) is 6.52. The van der Waals surface area contributed by atoms with Gasteiger partial charge in [0.15, 0.2) is 0 Å². The normalized spacial score (nSPS) is 37.7. The van der Waals surface area contributed by atoms with Gasteiger partial charge in [0.1, 0.15) is 0 Å². The molecule has 4 aliphatic rings. The van der Waals surface area contributed by atoms with E-state index in [1.54, 1.807) is 44.1 Å². The zero-order valence-electron chi connectivity index (χ0n) is 14.6. The van der Waals surface area contributed by atoms with E-state index in [-0.39, 0.29) is 0 Å². The summed E-state index contributed by atoms with van der Waals surface area (Å²) in [6, 6.07) is 9.52. The minimum atomic E-state index is 0.646. The van der Waals surface area contributed by atoms with Crippen LogP contribution in [-0.2, 0) is 0 Å². The first-order valence-electron chi connectivity index (χ1n) is 9.63. The van der Waals surface area contributed by atoms with Crippen LogP contribution in [0.5, 0.6) is 0 Å². The van der Waals surface area contributed by atoms with Gasteiger partial charge in [-0.05, 0) is 91.1 Å². The molecule has 0 amide bonds. The molecule has 1 atom stereocenters. The standard InChI is InChI=1S/C22H32/c1-15(2)20-4-6-21(7-5-20)16(3)11-22-12-17-8-18(13-22)10-19(9-17)14-22/h4-7,15-19H,8-14H2,1-3H3. The van der Waals surface area contributed by atoms with Crippen molar-refractivity contribution in [2.45, 2.75) is 77.6 Å². The summed E-state index contributed by atoms with van der Waals surface area (Å²) in [5.41, 5.74) is 3.76. The van der Waals surface area contributed by atoms with Crippen LogP contribution >= 0.6 is 0 Å². The van der Waals surface area contributed by atoms with Crippen molar-refractivity contribution in [3.63, 3.8) is 0 Å². The van der Waals surface area contributed by atoms with Gasteiger partial charge in [-0.3, -0.25) is 0 Å². The van der Waals surface area contributed by atoms with Gasteiger partial charge in [-0.15, -0.1) is 0 Å². The van der Waals surface area contributed by atoms with E-state index in [0.717, 1.165) is 23.7 Å². The minimum Gasteiger partial charge on any atom is -0.0587 e. The highest BCUT2D eigenvalue weighted by atomic mass is 14.6. The largest absolute Gasteiger partial charge is 0.0587 e. The summed E-state index contributed by atoms with van der Waals surface area (Å²) in [7, 11) is 0. The third-order valence-electron chi connectivity index (χ3n) is 7.08. The van der Waals surface area contributed by atoms with Crippen LogP contribution in [0.25, 0.3) is 0 Å². The molecule has 0 heteroatoms. The van der Waals surface area contributed by atoms with Crippen molar-refractivity contribution in [1.82, 2.24) is 0 Å². The lowest BCUT2D eigenvalue weighted by molar-refractivity contribution is -0.0600. The fourth-order valence-corrected chi connectivity index (χ4v) is 6.52. The highest BCUT2D eigenvalue weighted by molar-refractivity contribution is 5.27. The number of rotatable bonds is 4. The van der Waals surface area contributed by atoms with Gasteiger partial charge >= 0.3 is 0 Å². The fraction of sp³-hybridized carbons (Fsp3) is 0.727.